The van der Waals surface area contributed by atoms with Crippen LogP contribution in [-0.2, 0) is 0 Å². The minimum Gasteiger partial charge on any atom is -0.254 e. The number of pyridine rings is 1. The molecule has 0 radical (unpaired) electrons. The molecule has 2 heterocycles. The van der Waals surface area contributed by atoms with E-state index in [-0.39, 0.29) is 0 Å². The number of hydrogen-bond acceptors (Lipinski definition) is 2. The summed E-state index contributed by atoms with van der Waals surface area (Å²) >= 11 is 0. The molecule has 19 heavy (non-hydrogen) atoms. The van der Waals surface area contributed by atoms with Gasteiger partial charge in [-0.05, 0) is 18.2 Å². The number of para-hydroxylation sites is 2. The normalized spacial score (nSPS) is 11.2. The van der Waals surface area contributed by atoms with Gasteiger partial charge in [0.05, 0.1) is 17.4 Å². The van der Waals surface area contributed by atoms with E-state index in [0.717, 1.165) is 27.5 Å². The van der Waals surface area contributed by atoms with Crippen molar-refractivity contribution < 1.29 is 0 Å². The molecule has 0 fully saturated rings. The van der Waals surface area contributed by atoms with Crippen molar-refractivity contribution >= 4 is 21.8 Å². The Balaban J connectivity index is 2.04. The van der Waals surface area contributed by atoms with E-state index in [4.69, 9.17) is 0 Å². The Bertz CT molecular complexity index is 863. The van der Waals surface area contributed by atoms with Crippen LogP contribution in [0.5, 0.6) is 0 Å². The Hall–Kier alpha value is -2.68. The minimum atomic E-state index is 0.919. The first-order valence-corrected chi connectivity index (χ1v) is 6.20. The highest BCUT2D eigenvalue weighted by Crippen LogP contribution is 2.23. The molecule has 2 aromatic heterocycles. The SMILES string of the molecule is c1ccc(-n2cc3c(cnc4ccccc43)n2)cc1. The summed E-state index contributed by atoms with van der Waals surface area (Å²) in [7, 11) is 0. The van der Waals surface area contributed by atoms with Crippen molar-refractivity contribution in [3.63, 3.8) is 0 Å². The Morgan fingerprint density at radius 1 is 0.737 bits per heavy atom. The van der Waals surface area contributed by atoms with Gasteiger partial charge in [0, 0.05) is 17.0 Å². The van der Waals surface area contributed by atoms with Crippen LogP contribution < -0.4 is 0 Å². The lowest BCUT2D eigenvalue weighted by molar-refractivity contribution is 0.896. The van der Waals surface area contributed by atoms with Crippen LogP contribution in [0.1, 0.15) is 0 Å². The van der Waals surface area contributed by atoms with Crippen LogP contribution in [-0.4, -0.2) is 14.8 Å². The zero-order valence-electron chi connectivity index (χ0n) is 10.2. The average molecular weight is 245 g/mol. The highest BCUT2D eigenvalue weighted by Gasteiger charge is 2.06. The van der Waals surface area contributed by atoms with E-state index in [1.807, 2.05) is 59.4 Å². The molecule has 90 valence electrons. The molecule has 0 spiro atoms. The number of fused-ring (bicyclic) bond motifs is 3. The molecule has 0 unspecified atom stereocenters. The molecule has 4 aromatic rings. The van der Waals surface area contributed by atoms with Gasteiger partial charge in [-0.3, -0.25) is 4.98 Å². The summed E-state index contributed by atoms with van der Waals surface area (Å²) in [6.07, 6.45) is 3.89. The van der Waals surface area contributed by atoms with Crippen LogP contribution in [0.25, 0.3) is 27.5 Å². The van der Waals surface area contributed by atoms with Crippen LogP contribution >= 0.6 is 0 Å². The Morgan fingerprint density at radius 2 is 1.53 bits per heavy atom. The van der Waals surface area contributed by atoms with Crippen molar-refractivity contribution in [1.82, 2.24) is 14.8 Å². The second-order valence-electron chi connectivity index (χ2n) is 4.48. The molecule has 0 amide bonds. The fourth-order valence-corrected chi connectivity index (χ4v) is 2.35. The maximum absolute atomic E-state index is 4.59. The van der Waals surface area contributed by atoms with Crippen LogP contribution in [0.3, 0.4) is 0 Å². The van der Waals surface area contributed by atoms with Crippen LogP contribution in [0.2, 0.25) is 0 Å². The van der Waals surface area contributed by atoms with Gasteiger partial charge in [0.15, 0.2) is 0 Å². The fourth-order valence-electron chi connectivity index (χ4n) is 2.35. The molecule has 3 heteroatoms. The van der Waals surface area contributed by atoms with E-state index in [9.17, 15) is 0 Å². The highest BCUT2D eigenvalue weighted by molar-refractivity contribution is 6.03. The molecule has 0 N–H and O–H groups in total. The molecule has 0 saturated carbocycles. The smallest absolute Gasteiger partial charge is 0.112 e. The van der Waals surface area contributed by atoms with Crippen molar-refractivity contribution in [3.05, 3.63) is 67.0 Å². The van der Waals surface area contributed by atoms with E-state index in [2.05, 4.69) is 22.3 Å². The van der Waals surface area contributed by atoms with Gasteiger partial charge in [-0.15, -0.1) is 0 Å². The average Bonchev–Trinajstić information content (AvgIpc) is 2.93. The summed E-state index contributed by atoms with van der Waals surface area (Å²) in [6, 6.07) is 18.3. The molecule has 0 bridgehead atoms. The van der Waals surface area contributed by atoms with Crippen molar-refractivity contribution in [2.75, 3.05) is 0 Å². The van der Waals surface area contributed by atoms with E-state index in [1.54, 1.807) is 0 Å². The number of benzene rings is 2. The first-order chi connectivity index (χ1) is 9.42. The lowest BCUT2D eigenvalue weighted by Gasteiger charge is -1.98. The van der Waals surface area contributed by atoms with Crippen molar-refractivity contribution in [3.8, 4) is 5.69 Å². The highest BCUT2D eigenvalue weighted by atomic mass is 15.3. The van der Waals surface area contributed by atoms with Gasteiger partial charge in [-0.1, -0.05) is 36.4 Å². The van der Waals surface area contributed by atoms with Crippen molar-refractivity contribution in [2.45, 2.75) is 0 Å². The zero-order chi connectivity index (χ0) is 12.7. The molecule has 4 rings (SSSR count). The van der Waals surface area contributed by atoms with E-state index in [1.165, 1.54) is 0 Å². The van der Waals surface area contributed by atoms with Crippen LogP contribution in [0.4, 0.5) is 0 Å². The predicted octanol–water partition coefficient (Wildman–Crippen LogP) is 3.57. The maximum Gasteiger partial charge on any atom is 0.112 e. The second-order valence-corrected chi connectivity index (χ2v) is 4.48. The predicted molar refractivity (Wildman–Crippen MR) is 76.4 cm³/mol. The maximum atomic E-state index is 4.59. The number of rotatable bonds is 1. The molecular weight excluding hydrogens is 234 g/mol. The summed E-state index contributed by atoms with van der Waals surface area (Å²) in [5.74, 6) is 0. The summed E-state index contributed by atoms with van der Waals surface area (Å²) in [5.41, 5.74) is 2.98. The summed E-state index contributed by atoms with van der Waals surface area (Å²) < 4.78 is 1.90. The third-order valence-corrected chi connectivity index (χ3v) is 3.28. The molecule has 0 aliphatic carbocycles. The van der Waals surface area contributed by atoms with Crippen molar-refractivity contribution in [1.29, 1.82) is 0 Å². The molecule has 0 saturated heterocycles. The Labute approximate surface area is 110 Å². The van der Waals surface area contributed by atoms with Crippen molar-refractivity contribution in [2.24, 2.45) is 0 Å². The molecule has 0 aliphatic heterocycles. The molecule has 3 nitrogen and oxygen atoms in total. The summed E-state index contributed by atoms with van der Waals surface area (Å²) in [6.45, 7) is 0. The quantitative estimate of drug-likeness (QED) is 0.513. The molecule has 2 aromatic carbocycles. The largest absolute Gasteiger partial charge is 0.254 e. The number of nitrogens with zero attached hydrogens (tertiary/aromatic N) is 3. The van der Waals surface area contributed by atoms with E-state index in [0.29, 0.717) is 0 Å². The zero-order valence-corrected chi connectivity index (χ0v) is 10.2. The summed E-state index contributed by atoms with van der Waals surface area (Å²) in [5, 5.41) is 6.86. The van der Waals surface area contributed by atoms with Gasteiger partial charge in [-0.2, -0.15) is 5.10 Å². The number of hydrogen-bond donors (Lipinski definition) is 0. The standard InChI is InChI=1S/C16H11N3/c1-2-6-12(7-3-1)19-11-14-13-8-4-5-9-15(13)17-10-16(14)18-19/h1-11H. The lowest BCUT2D eigenvalue weighted by Crippen LogP contribution is -1.92. The third-order valence-electron chi connectivity index (χ3n) is 3.28. The molecular formula is C16H11N3. The third kappa shape index (κ3) is 1.59. The fraction of sp³-hybridized carbons (Fsp3) is 0. The van der Waals surface area contributed by atoms with Gasteiger partial charge in [0.25, 0.3) is 0 Å². The Morgan fingerprint density at radius 3 is 2.42 bits per heavy atom. The minimum absolute atomic E-state index is 0.919. The van der Waals surface area contributed by atoms with E-state index >= 15 is 0 Å². The Kier molecular flexibility index (Phi) is 2.12. The van der Waals surface area contributed by atoms with Gasteiger partial charge in [0.2, 0.25) is 0 Å². The van der Waals surface area contributed by atoms with Crippen LogP contribution in [0.15, 0.2) is 67.0 Å². The van der Waals surface area contributed by atoms with Crippen LogP contribution in [0, 0.1) is 0 Å². The second kappa shape index (κ2) is 3.92. The first kappa shape index (κ1) is 10.3. The lowest BCUT2D eigenvalue weighted by atomic mass is 10.1. The summed E-state index contributed by atoms with van der Waals surface area (Å²) in [4.78, 5) is 4.44. The number of aromatic nitrogens is 3. The van der Waals surface area contributed by atoms with Gasteiger partial charge in [-0.25, -0.2) is 4.68 Å². The van der Waals surface area contributed by atoms with Gasteiger partial charge < -0.3 is 0 Å². The topological polar surface area (TPSA) is 30.7 Å². The first-order valence-electron chi connectivity index (χ1n) is 6.20. The van der Waals surface area contributed by atoms with E-state index < -0.39 is 0 Å². The van der Waals surface area contributed by atoms with Gasteiger partial charge >= 0.3 is 0 Å². The van der Waals surface area contributed by atoms with Gasteiger partial charge in [0.1, 0.15) is 5.52 Å². The molecule has 0 atom stereocenters. The monoisotopic (exact) mass is 245 g/mol. The molecule has 0 aliphatic rings.